The molecule has 21 heavy (non-hydrogen) atoms. The highest BCUT2D eigenvalue weighted by Crippen LogP contribution is 2.21. The summed E-state index contributed by atoms with van der Waals surface area (Å²) < 4.78 is 29.1. The highest BCUT2D eigenvalue weighted by atomic mass is 19.1. The van der Waals surface area contributed by atoms with Crippen LogP contribution < -0.4 is 0 Å². The van der Waals surface area contributed by atoms with Crippen LogP contribution in [0.15, 0.2) is 48.5 Å². The van der Waals surface area contributed by atoms with Gasteiger partial charge in [-0.15, -0.1) is 0 Å². The van der Waals surface area contributed by atoms with Crippen molar-refractivity contribution in [3.63, 3.8) is 0 Å². The van der Waals surface area contributed by atoms with E-state index in [-0.39, 0.29) is 6.54 Å². The molecule has 1 aromatic heterocycles. The minimum Gasteiger partial charge on any atom is -0.337 e. The van der Waals surface area contributed by atoms with Crippen molar-refractivity contribution in [2.24, 2.45) is 0 Å². The molecule has 0 saturated carbocycles. The molecule has 0 unspecified atom stereocenters. The highest BCUT2D eigenvalue weighted by Gasteiger charge is 2.18. The molecule has 0 aliphatic carbocycles. The maximum atomic E-state index is 13.7. The molecule has 0 saturated heterocycles. The zero-order valence-electron chi connectivity index (χ0n) is 11.4. The van der Waals surface area contributed by atoms with Crippen molar-refractivity contribution in [2.45, 2.75) is 13.5 Å². The summed E-state index contributed by atoms with van der Waals surface area (Å²) in [6.45, 7) is 1.78. The summed E-state index contributed by atoms with van der Waals surface area (Å²) in [4.78, 5) is 12.2. The first-order chi connectivity index (χ1) is 10.1. The number of fused-ring (bicyclic) bond motifs is 1. The van der Waals surface area contributed by atoms with Gasteiger partial charge in [0.25, 0.3) is 0 Å². The first-order valence-electron chi connectivity index (χ1n) is 6.60. The third-order valence-corrected chi connectivity index (χ3v) is 3.56. The van der Waals surface area contributed by atoms with E-state index in [0.29, 0.717) is 0 Å². The molecule has 0 fully saturated rings. The summed E-state index contributed by atoms with van der Waals surface area (Å²) in [5.41, 5.74) is 1.27. The second-order valence-electron chi connectivity index (χ2n) is 4.95. The molecule has 0 amide bonds. The summed E-state index contributed by atoms with van der Waals surface area (Å²) in [5.74, 6) is -2.22. The molecular formula is C17H13F2NO. The molecule has 3 aromatic rings. The average Bonchev–Trinajstić information content (AvgIpc) is 2.75. The first kappa shape index (κ1) is 13.5. The fraction of sp³-hybridized carbons (Fsp3) is 0.118. The maximum Gasteiger partial charge on any atom is 0.188 e. The number of rotatable bonds is 3. The molecule has 3 rings (SSSR count). The molecule has 0 N–H and O–H groups in total. The number of aryl methyl sites for hydroxylation is 1. The highest BCUT2D eigenvalue weighted by molar-refractivity contribution is 5.97. The number of ketones is 1. The molecule has 0 radical (unpaired) electrons. The summed E-state index contributed by atoms with van der Waals surface area (Å²) >= 11 is 0. The van der Waals surface area contributed by atoms with Crippen LogP contribution in [0.3, 0.4) is 0 Å². The number of carbonyl (C=O) groups is 1. The van der Waals surface area contributed by atoms with Gasteiger partial charge in [0, 0.05) is 11.2 Å². The van der Waals surface area contributed by atoms with Gasteiger partial charge in [0.1, 0.15) is 11.6 Å². The summed E-state index contributed by atoms with van der Waals surface area (Å²) in [6.07, 6.45) is 0. The lowest BCUT2D eigenvalue weighted by molar-refractivity contribution is 0.0964. The molecule has 2 aromatic carbocycles. The Morgan fingerprint density at radius 2 is 1.71 bits per heavy atom. The molecular weight excluding hydrogens is 272 g/mol. The predicted molar refractivity (Wildman–Crippen MR) is 77.4 cm³/mol. The lowest BCUT2D eigenvalue weighted by Crippen LogP contribution is -2.14. The van der Waals surface area contributed by atoms with Crippen molar-refractivity contribution in [3.8, 4) is 0 Å². The second kappa shape index (κ2) is 5.13. The molecule has 0 aliphatic rings. The average molecular weight is 285 g/mol. The van der Waals surface area contributed by atoms with Gasteiger partial charge in [-0.25, -0.2) is 8.78 Å². The molecule has 0 atom stereocenters. The zero-order chi connectivity index (χ0) is 15.0. The number of nitrogens with zero attached hydrogens (tertiary/aromatic N) is 1. The summed E-state index contributed by atoms with van der Waals surface area (Å²) in [7, 11) is 0. The van der Waals surface area contributed by atoms with E-state index in [0.717, 1.165) is 28.7 Å². The van der Waals surface area contributed by atoms with E-state index in [1.807, 2.05) is 37.3 Å². The van der Waals surface area contributed by atoms with Crippen LogP contribution in [0.4, 0.5) is 8.78 Å². The minimum absolute atomic E-state index is 0.0861. The van der Waals surface area contributed by atoms with Crippen molar-refractivity contribution in [1.82, 2.24) is 4.57 Å². The van der Waals surface area contributed by atoms with Gasteiger partial charge in [-0.05, 0) is 36.6 Å². The number of halogens is 2. The van der Waals surface area contributed by atoms with Crippen molar-refractivity contribution in [1.29, 1.82) is 0 Å². The zero-order valence-corrected chi connectivity index (χ0v) is 11.4. The molecule has 2 nitrogen and oxygen atoms in total. The Bertz CT molecular complexity index is 816. The molecule has 0 bridgehead atoms. The second-order valence-corrected chi connectivity index (χ2v) is 4.95. The van der Waals surface area contributed by atoms with E-state index in [9.17, 15) is 13.6 Å². The Labute approximate surface area is 120 Å². The quantitative estimate of drug-likeness (QED) is 0.664. The monoisotopic (exact) mass is 285 g/mol. The number of carbonyl (C=O) groups excluding carboxylic acids is 1. The van der Waals surface area contributed by atoms with E-state index >= 15 is 0 Å². The Hall–Kier alpha value is -2.49. The standard InChI is InChI=1S/C17H13F2NO/c1-11-9-12-5-2-3-8-15(12)20(11)10-16(21)17-13(18)6-4-7-14(17)19/h2-9H,10H2,1H3. The van der Waals surface area contributed by atoms with Crippen LogP contribution in [-0.4, -0.2) is 10.4 Å². The topological polar surface area (TPSA) is 22.0 Å². The normalized spacial score (nSPS) is 11.0. The van der Waals surface area contributed by atoms with Crippen LogP contribution in [0.25, 0.3) is 10.9 Å². The van der Waals surface area contributed by atoms with E-state index in [4.69, 9.17) is 0 Å². The first-order valence-corrected chi connectivity index (χ1v) is 6.60. The van der Waals surface area contributed by atoms with Crippen LogP contribution in [0, 0.1) is 18.6 Å². The number of hydrogen-bond acceptors (Lipinski definition) is 1. The van der Waals surface area contributed by atoms with Crippen molar-refractivity contribution >= 4 is 16.7 Å². The largest absolute Gasteiger partial charge is 0.337 e. The third kappa shape index (κ3) is 2.33. The van der Waals surface area contributed by atoms with Gasteiger partial charge in [0.05, 0.1) is 12.1 Å². The van der Waals surface area contributed by atoms with Crippen LogP contribution in [0.5, 0.6) is 0 Å². The van der Waals surface area contributed by atoms with Crippen LogP contribution >= 0.6 is 0 Å². The van der Waals surface area contributed by atoms with Gasteiger partial charge < -0.3 is 4.57 Å². The Morgan fingerprint density at radius 1 is 1.05 bits per heavy atom. The van der Waals surface area contributed by atoms with Gasteiger partial charge >= 0.3 is 0 Å². The Kier molecular flexibility index (Phi) is 3.29. The fourth-order valence-electron chi connectivity index (χ4n) is 2.55. The number of Topliss-reactive ketones (excluding diaryl/α,β-unsaturated/α-hetero) is 1. The Morgan fingerprint density at radius 3 is 2.43 bits per heavy atom. The molecule has 106 valence electrons. The molecule has 0 spiro atoms. The SMILES string of the molecule is Cc1cc2ccccc2n1CC(=O)c1c(F)cccc1F. The smallest absolute Gasteiger partial charge is 0.188 e. The van der Waals surface area contributed by atoms with E-state index in [2.05, 4.69) is 0 Å². The number of para-hydroxylation sites is 1. The maximum absolute atomic E-state index is 13.7. The van der Waals surface area contributed by atoms with Gasteiger partial charge in [-0.3, -0.25) is 4.79 Å². The van der Waals surface area contributed by atoms with E-state index < -0.39 is 23.0 Å². The number of aromatic nitrogens is 1. The van der Waals surface area contributed by atoms with E-state index in [1.165, 1.54) is 6.07 Å². The van der Waals surface area contributed by atoms with Crippen LogP contribution in [0.2, 0.25) is 0 Å². The van der Waals surface area contributed by atoms with Crippen LogP contribution in [0.1, 0.15) is 16.1 Å². The minimum atomic E-state index is -0.825. The predicted octanol–water partition coefficient (Wildman–Crippen LogP) is 4.11. The van der Waals surface area contributed by atoms with E-state index in [1.54, 1.807) is 4.57 Å². The van der Waals surface area contributed by atoms with Gasteiger partial charge in [-0.1, -0.05) is 24.3 Å². The van der Waals surface area contributed by atoms with Gasteiger partial charge in [0.2, 0.25) is 0 Å². The Balaban J connectivity index is 2.03. The molecule has 0 aliphatic heterocycles. The number of benzene rings is 2. The molecule has 1 heterocycles. The lowest BCUT2D eigenvalue weighted by atomic mass is 10.1. The summed E-state index contributed by atoms with van der Waals surface area (Å²) in [6, 6.07) is 13.0. The molecule has 4 heteroatoms. The van der Waals surface area contributed by atoms with Crippen LogP contribution in [-0.2, 0) is 6.54 Å². The number of hydrogen-bond donors (Lipinski definition) is 0. The summed E-state index contributed by atoms with van der Waals surface area (Å²) in [5, 5.41) is 0.997. The van der Waals surface area contributed by atoms with Gasteiger partial charge in [0.15, 0.2) is 5.78 Å². The van der Waals surface area contributed by atoms with Crippen molar-refractivity contribution in [3.05, 3.63) is 71.4 Å². The lowest BCUT2D eigenvalue weighted by Gasteiger charge is -2.09. The van der Waals surface area contributed by atoms with Crippen molar-refractivity contribution in [2.75, 3.05) is 0 Å². The third-order valence-electron chi connectivity index (χ3n) is 3.56. The van der Waals surface area contributed by atoms with Crippen molar-refractivity contribution < 1.29 is 13.6 Å². The fourth-order valence-corrected chi connectivity index (χ4v) is 2.55. The van der Waals surface area contributed by atoms with Gasteiger partial charge in [-0.2, -0.15) is 0 Å².